The predicted octanol–water partition coefficient (Wildman–Crippen LogP) is 1.26. The third kappa shape index (κ3) is 2.31. The fraction of sp³-hybridized carbons (Fsp3) is 0.308. The normalized spacial score (nSPS) is 17.1. The van der Waals surface area contributed by atoms with Crippen molar-refractivity contribution in [1.82, 2.24) is 4.90 Å². The van der Waals surface area contributed by atoms with Gasteiger partial charge in [0.25, 0.3) is 0 Å². The summed E-state index contributed by atoms with van der Waals surface area (Å²) in [4.78, 5) is 13.7. The van der Waals surface area contributed by atoms with Crippen molar-refractivity contribution in [3.05, 3.63) is 41.5 Å². The highest BCUT2D eigenvalue weighted by atomic mass is 16.2. The Bertz CT molecular complexity index is 405. The highest BCUT2D eigenvalue weighted by Crippen LogP contribution is 2.13. The number of rotatable bonds is 2. The van der Waals surface area contributed by atoms with E-state index in [1.807, 2.05) is 43.3 Å². The molecule has 0 saturated carbocycles. The summed E-state index contributed by atoms with van der Waals surface area (Å²) in [5.41, 5.74) is 7.46. The van der Waals surface area contributed by atoms with Crippen molar-refractivity contribution in [2.45, 2.75) is 13.0 Å². The molecular weight excluding hydrogens is 200 g/mol. The van der Waals surface area contributed by atoms with E-state index in [1.165, 1.54) is 0 Å². The summed E-state index contributed by atoms with van der Waals surface area (Å²) < 4.78 is 0. The van der Waals surface area contributed by atoms with E-state index in [2.05, 4.69) is 0 Å². The lowest BCUT2D eigenvalue weighted by Gasteiger charge is -2.37. The topological polar surface area (TPSA) is 46.3 Å². The molecular formula is C13H16N2O. The molecule has 0 bridgehead atoms. The van der Waals surface area contributed by atoms with Gasteiger partial charge in [-0.05, 0) is 18.6 Å². The Morgan fingerprint density at radius 1 is 1.38 bits per heavy atom. The number of nitrogens with two attached hydrogens (primary N) is 1. The van der Waals surface area contributed by atoms with Gasteiger partial charge in [0.2, 0.25) is 5.91 Å². The monoisotopic (exact) mass is 216 g/mol. The molecule has 1 saturated heterocycles. The number of carbonyl (C=O) groups excluding carboxylic acids is 1. The van der Waals surface area contributed by atoms with E-state index in [-0.39, 0.29) is 11.9 Å². The Balaban J connectivity index is 2.04. The van der Waals surface area contributed by atoms with Crippen LogP contribution in [0.15, 0.2) is 35.9 Å². The summed E-state index contributed by atoms with van der Waals surface area (Å²) in [5, 5.41) is 0. The van der Waals surface area contributed by atoms with Crippen LogP contribution in [0.5, 0.6) is 0 Å². The third-order valence-electron chi connectivity index (χ3n) is 2.72. The lowest BCUT2D eigenvalue weighted by Crippen LogP contribution is -2.58. The standard InChI is InChI=1S/C13H16N2O/c1-10(7-11-5-3-2-4-6-11)13(16)15-8-12(14)9-15/h2-7,12H,8-9,14H2,1H3. The summed E-state index contributed by atoms with van der Waals surface area (Å²) in [7, 11) is 0. The summed E-state index contributed by atoms with van der Waals surface area (Å²) >= 11 is 0. The molecule has 0 spiro atoms. The molecule has 3 heteroatoms. The highest BCUT2D eigenvalue weighted by molar-refractivity contribution is 5.97. The summed E-state index contributed by atoms with van der Waals surface area (Å²) in [6.45, 7) is 3.21. The average Bonchev–Trinajstić information content (AvgIpc) is 2.25. The minimum Gasteiger partial charge on any atom is -0.336 e. The molecule has 0 aromatic heterocycles. The van der Waals surface area contributed by atoms with E-state index in [1.54, 1.807) is 4.90 Å². The van der Waals surface area contributed by atoms with Gasteiger partial charge in [0.05, 0.1) is 0 Å². The Labute approximate surface area is 95.6 Å². The van der Waals surface area contributed by atoms with Crippen molar-refractivity contribution in [1.29, 1.82) is 0 Å². The second-order valence-corrected chi connectivity index (χ2v) is 4.21. The van der Waals surface area contributed by atoms with Crippen LogP contribution in [-0.4, -0.2) is 29.9 Å². The van der Waals surface area contributed by atoms with Crippen molar-refractivity contribution in [3.8, 4) is 0 Å². The van der Waals surface area contributed by atoms with E-state index in [0.29, 0.717) is 13.1 Å². The lowest BCUT2D eigenvalue weighted by atomic mass is 10.1. The fourth-order valence-corrected chi connectivity index (χ4v) is 1.79. The first kappa shape index (κ1) is 10.9. The van der Waals surface area contributed by atoms with Crippen molar-refractivity contribution in [3.63, 3.8) is 0 Å². The van der Waals surface area contributed by atoms with Gasteiger partial charge < -0.3 is 10.6 Å². The van der Waals surface area contributed by atoms with Crippen LogP contribution in [0.3, 0.4) is 0 Å². The quantitative estimate of drug-likeness (QED) is 0.756. The maximum atomic E-state index is 11.9. The van der Waals surface area contributed by atoms with Gasteiger partial charge in [-0.2, -0.15) is 0 Å². The molecule has 2 rings (SSSR count). The molecule has 0 atom stereocenters. The van der Waals surface area contributed by atoms with Crippen LogP contribution in [0.25, 0.3) is 6.08 Å². The third-order valence-corrected chi connectivity index (χ3v) is 2.72. The first-order chi connectivity index (χ1) is 7.66. The SMILES string of the molecule is CC(=Cc1ccccc1)C(=O)N1CC(N)C1. The van der Waals surface area contributed by atoms with Gasteiger partial charge >= 0.3 is 0 Å². The molecule has 0 aliphatic carbocycles. The van der Waals surface area contributed by atoms with Crippen LogP contribution in [0.2, 0.25) is 0 Å². The van der Waals surface area contributed by atoms with Crippen LogP contribution < -0.4 is 5.73 Å². The van der Waals surface area contributed by atoms with Gasteiger partial charge in [-0.1, -0.05) is 30.3 Å². The molecule has 2 N–H and O–H groups in total. The molecule has 16 heavy (non-hydrogen) atoms. The van der Waals surface area contributed by atoms with Crippen LogP contribution in [0.1, 0.15) is 12.5 Å². The van der Waals surface area contributed by atoms with Gasteiger partial charge in [0, 0.05) is 24.7 Å². The molecule has 1 amide bonds. The van der Waals surface area contributed by atoms with Crippen LogP contribution in [0, 0.1) is 0 Å². The zero-order chi connectivity index (χ0) is 11.5. The highest BCUT2D eigenvalue weighted by Gasteiger charge is 2.27. The summed E-state index contributed by atoms with van der Waals surface area (Å²) in [6, 6.07) is 10.0. The van der Waals surface area contributed by atoms with Crippen LogP contribution >= 0.6 is 0 Å². The molecule has 0 unspecified atom stereocenters. The van der Waals surface area contributed by atoms with Crippen molar-refractivity contribution in [2.75, 3.05) is 13.1 Å². The fourth-order valence-electron chi connectivity index (χ4n) is 1.79. The van der Waals surface area contributed by atoms with Crippen LogP contribution in [-0.2, 0) is 4.79 Å². The number of carbonyl (C=O) groups is 1. The van der Waals surface area contributed by atoms with Gasteiger partial charge in [-0.15, -0.1) is 0 Å². The smallest absolute Gasteiger partial charge is 0.249 e. The largest absolute Gasteiger partial charge is 0.336 e. The molecule has 1 aromatic carbocycles. The molecule has 84 valence electrons. The minimum absolute atomic E-state index is 0.0885. The molecule has 1 aliphatic rings. The van der Waals surface area contributed by atoms with E-state index in [9.17, 15) is 4.79 Å². The first-order valence-electron chi connectivity index (χ1n) is 5.45. The molecule has 0 radical (unpaired) electrons. The second kappa shape index (κ2) is 4.49. The number of nitrogens with zero attached hydrogens (tertiary/aromatic N) is 1. The van der Waals surface area contributed by atoms with Gasteiger partial charge in [0.15, 0.2) is 0 Å². The maximum Gasteiger partial charge on any atom is 0.249 e. The average molecular weight is 216 g/mol. The van der Waals surface area contributed by atoms with Crippen molar-refractivity contribution in [2.24, 2.45) is 5.73 Å². The Kier molecular flexibility index (Phi) is 3.06. The Morgan fingerprint density at radius 3 is 2.56 bits per heavy atom. The number of amides is 1. The molecule has 1 fully saturated rings. The number of hydrogen-bond donors (Lipinski definition) is 1. The van der Waals surface area contributed by atoms with E-state index in [0.717, 1.165) is 11.1 Å². The number of likely N-dealkylation sites (tertiary alicyclic amines) is 1. The number of hydrogen-bond acceptors (Lipinski definition) is 2. The van der Waals surface area contributed by atoms with Crippen molar-refractivity contribution < 1.29 is 4.79 Å². The summed E-state index contributed by atoms with van der Waals surface area (Å²) in [6.07, 6.45) is 1.91. The maximum absolute atomic E-state index is 11.9. The Morgan fingerprint density at radius 2 is 2.00 bits per heavy atom. The molecule has 1 aromatic rings. The first-order valence-corrected chi connectivity index (χ1v) is 5.45. The van der Waals surface area contributed by atoms with Gasteiger partial charge in [0.1, 0.15) is 0 Å². The zero-order valence-corrected chi connectivity index (χ0v) is 9.39. The zero-order valence-electron chi connectivity index (χ0n) is 9.39. The summed E-state index contributed by atoms with van der Waals surface area (Å²) in [5.74, 6) is 0.0885. The van der Waals surface area contributed by atoms with Gasteiger partial charge in [-0.25, -0.2) is 0 Å². The lowest BCUT2D eigenvalue weighted by molar-refractivity contribution is -0.131. The predicted molar refractivity (Wildman–Crippen MR) is 64.6 cm³/mol. The number of benzene rings is 1. The van der Waals surface area contributed by atoms with E-state index < -0.39 is 0 Å². The van der Waals surface area contributed by atoms with Crippen LogP contribution in [0.4, 0.5) is 0 Å². The van der Waals surface area contributed by atoms with E-state index in [4.69, 9.17) is 5.73 Å². The minimum atomic E-state index is 0.0885. The van der Waals surface area contributed by atoms with Crippen molar-refractivity contribution >= 4 is 12.0 Å². The van der Waals surface area contributed by atoms with Gasteiger partial charge in [-0.3, -0.25) is 4.79 Å². The molecule has 3 nitrogen and oxygen atoms in total. The Hall–Kier alpha value is -1.61. The molecule has 1 heterocycles. The molecule has 1 aliphatic heterocycles. The second-order valence-electron chi connectivity index (χ2n) is 4.21. The van der Waals surface area contributed by atoms with E-state index >= 15 is 0 Å².